The Labute approximate surface area is 157 Å². The Kier molecular flexibility index (Phi) is 5.43. The van der Waals surface area contributed by atoms with Crippen molar-refractivity contribution in [3.05, 3.63) is 58.6 Å². The van der Waals surface area contributed by atoms with Gasteiger partial charge in [0.1, 0.15) is 6.54 Å². The molecule has 3 N–H and O–H groups in total. The predicted molar refractivity (Wildman–Crippen MR) is 100 cm³/mol. The summed E-state index contributed by atoms with van der Waals surface area (Å²) in [5.41, 5.74) is 1.70. The first kappa shape index (κ1) is 17.8. The summed E-state index contributed by atoms with van der Waals surface area (Å²) >= 11 is 3.34. The molecule has 2 aromatic carbocycles. The third kappa shape index (κ3) is 4.34. The molecule has 0 spiro atoms. The van der Waals surface area contributed by atoms with Gasteiger partial charge >= 0.3 is 0 Å². The van der Waals surface area contributed by atoms with Crippen LogP contribution in [-0.2, 0) is 16.0 Å². The second-order valence-corrected chi connectivity index (χ2v) is 6.46. The minimum atomic E-state index is -0.616. The zero-order valence-electron chi connectivity index (χ0n) is 13.6. The fourth-order valence-electron chi connectivity index (χ4n) is 2.40. The number of nitrogens with zero attached hydrogens (tertiary/aromatic N) is 2. The van der Waals surface area contributed by atoms with E-state index in [0.717, 1.165) is 10.0 Å². The van der Waals surface area contributed by atoms with E-state index in [1.165, 1.54) is 0 Å². The zero-order chi connectivity index (χ0) is 18.5. The van der Waals surface area contributed by atoms with Crippen LogP contribution in [0.4, 0.5) is 5.69 Å². The van der Waals surface area contributed by atoms with Gasteiger partial charge in [0.05, 0.1) is 11.9 Å². The Bertz CT molecular complexity index is 983. The van der Waals surface area contributed by atoms with Gasteiger partial charge in [-0.15, -0.1) is 10.2 Å². The predicted octanol–water partition coefficient (Wildman–Crippen LogP) is 3.61. The number of rotatable bonds is 5. The van der Waals surface area contributed by atoms with Crippen LogP contribution in [0, 0.1) is 0 Å². The number of carbonyl (C=O) groups is 2. The molecule has 26 heavy (non-hydrogen) atoms. The zero-order valence-corrected chi connectivity index (χ0v) is 15.2. The number of aromatic nitrogens is 1. The third-order valence-corrected chi connectivity index (χ3v) is 4.11. The van der Waals surface area contributed by atoms with Crippen molar-refractivity contribution >= 4 is 44.3 Å². The van der Waals surface area contributed by atoms with Crippen molar-refractivity contribution in [3.8, 4) is 5.88 Å². The van der Waals surface area contributed by atoms with Gasteiger partial charge in [-0.3, -0.25) is 9.59 Å². The molecular formula is C18H15BrN4O3. The number of halogens is 1. The van der Waals surface area contributed by atoms with Crippen molar-refractivity contribution in [2.45, 2.75) is 6.42 Å². The molecule has 0 fully saturated rings. The molecule has 8 heteroatoms. The summed E-state index contributed by atoms with van der Waals surface area (Å²) in [4.78, 5) is 26.4. The molecule has 0 bridgehead atoms. The van der Waals surface area contributed by atoms with Crippen LogP contribution in [0.3, 0.4) is 0 Å². The number of azo groups is 1. The number of aromatic hydroxyl groups is 1. The summed E-state index contributed by atoms with van der Waals surface area (Å²) in [6, 6.07) is 14.5. The van der Waals surface area contributed by atoms with E-state index < -0.39 is 5.91 Å². The molecule has 0 unspecified atom stereocenters. The van der Waals surface area contributed by atoms with E-state index in [4.69, 9.17) is 0 Å². The van der Waals surface area contributed by atoms with E-state index in [1.807, 2.05) is 36.4 Å². The second kappa shape index (κ2) is 7.92. The topological polar surface area (TPSA) is 107 Å². The molecule has 7 nitrogen and oxygen atoms in total. The van der Waals surface area contributed by atoms with E-state index in [9.17, 15) is 14.7 Å². The maximum absolute atomic E-state index is 11.8. The van der Waals surface area contributed by atoms with Gasteiger partial charge < -0.3 is 15.4 Å². The number of aromatic amines is 1. The first-order valence-corrected chi connectivity index (χ1v) is 8.57. The molecule has 2 amide bonds. The van der Waals surface area contributed by atoms with E-state index in [1.54, 1.807) is 12.1 Å². The summed E-state index contributed by atoms with van der Waals surface area (Å²) in [7, 11) is 0. The van der Waals surface area contributed by atoms with Crippen molar-refractivity contribution in [3.63, 3.8) is 0 Å². The molecule has 3 aromatic rings. The molecule has 0 aliphatic rings. The van der Waals surface area contributed by atoms with Crippen molar-refractivity contribution in [1.29, 1.82) is 0 Å². The smallest absolute Gasteiger partial charge is 0.283 e. The highest BCUT2D eigenvalue weighted by Gasteiger charge is 2.12. The van der Waals surface area contributed by atoms with Crippen molar-refractivity contribution in [2.24, 2.45) is 10.2 Å². The lowest BCUT2D eigenvalue weighted by Gasteiger charge is -2.02. The number of hydrogen-bond donors (Lipinski definition) is 3. The first-order valence-electron chi connectivity index (χ1n) is 7.78. The molecule has 3 rings (SSSR count). The SMILES string of the molecule is O=C(CNC(=O)Cc1ccccc1)N=Nc1c(O)[nH]c2ccc(Br)cc12. The van der Waals surface area contributed by atoms with Gasteiger partial charge in [-0.25, -0.2) is 0 Å². The van der Waals surface area contributed by atoms with Crippen LogP contribution in [0.25, 0.3) is 10.9 Å². The maximum atomic E-state index is 11.8. The lowest BCUT2D eigenvalue weighted by Crippen LogP contribution is -2.29. The molecule has 0 atom stereocenters. The van der Waals surface area contributed by atoms with Crippen LogP contribution in [0.1, 0.15) is 5.56 Å². The maximum Gasteiger partial charge on any atom is 0.283 e. The van der Waals surface area contributed by atoms with E-state index in [0.29, 0.717) is 10.9 Å². The van der Waals surface area contributed by atoms with E-state index in [-0.39, 0.29) is 30.4 Å². The van der Waals surface area contributed by atoms with Crippen molar-refractivity contribution in [1.82, 2.24) is 10.3 Å². The standard InChI is InChI=1S/C18H15BrN4O3/c19-12-6-7-14-13(9-12)17(18(26)21-14)23-22-16(25)10-20-15(24)8-11-4-2-1-3-5-11/h1-7,9,21,26H,8,10H2,(H,20,24). The molecule has 0 radical (unpaired) electrons. The van der Waals surface area contributed by atoms with E-state index in [2.05, 4.69) is 36.5 Å². The van der Waals surface area contributed by atoms with Crippen LogP contribution >= 0.6 is 15.9 Å². The fourth-order valence-corrected chi connectivity index (χ4v) is 2.76. The molecule has 0 saturated carbocycles. The molecule has 0 saturated heterocycles. The minimum Gasteiger partial charge on any atom is -0.493 e. The number of fused-ring (bicyclic) bond motifs is 1. The number of H-pyrrole nitrogens is 1. The van der Waals surface area contributed by atoms with Crippen LogP contribution in [0.2, 0.25) is 0 Å². The largest absolute Gasteiger partial charge is 0.493 e. The third-order valence-electron chi connectivity index (χ3n) is 3.62. The molecule has 1 aromatic heterocycles. The molecule has 0 aliphatic carbocycles. The highest BCUT2D eigenvalue weighted by atomic mass is 79.9. The number of nitrogens with one attached hydrogen (secondary N) is 2. The highest BCUT2D eigenvalue weighted by molar-refractivity contribution is 9.10. The van der Waals surface area contributed by atoms with Crippen LogP contribution in [0.5, 0.6) is 5.88 Å². The lowest BCUT2D eigenvalue weighted by molar-refractivity contribution is -0.124. The second-order valence-electron chi connectivity index (χ2n) is 5.54. The molecule has 1 heterocycles. The van der Waals surface area contributed by atoms with E-state index >= 15 is 0 Å². The quantitative estimate of drug-likeness (QED) is 0.554. The highest BCUT2D eigenvalue weighted by Crippen LogP contribution is 2.36. The summed E-state index contributed by atoms with van der Waals surface area (Å²) in [5, 5.41) is 20.4. The Morgan fingerprint density at radius 1 is 1.15 bits per heavy atom. The lowest BCUT2D eigenvalue weighted by atomic mass is 10.1. The van der Waals surface area contributed by atoms with Gasteiger partial charge in [0.25, 0.3) is 5.91 Å². The normalized spacial score (nSPS) is 11.1. The van der Waals surface area contributed by atoms with Crippen molar-refractivity contribution < 1.29 is 14.7 Å². The Morgan fingerprint density at radius 3 is 2.69 bits per heavy atom. The van der Waals surface area contributed by atoms with Gasteiger partial charge in [0, 0.05) is 9.86 Å². The average molecular weight is 415 g/mol. The monoisotopic (exact) mass is 414 g/mol. The summed E-state index contributed by atoms with van der Waals surface area (Å²) in [6.07, 6.45) is 0.183. The fraction of sp³-hybridized carbons (Fsp3) is 0.111. The minimum absolute atomic E-state index is 0.172. The summed E-state index contributed by atoms with van der Waals surface area (Å²) < 4.78 is 0.806. The Morgan fingerprint density at radius 2 is 1.92 bits per heavy atom. The first-order chi connectivity index (χ1) is 12.5. The van der Waals surface area contributed by atoms with Gasteiger partial charge in [0.2, 0.25) is 11.8 Å². The van der Waals surface area contributed by atoms with Crippen LogP contribution in [-0.4, -0.2) is 28.4 Å². The van der Waals surface area contributed by atoms with Gasteiger partial charge in [-0.1, -0.05) is 46.3 Å². The summed E-state index contributed by atoms with van der Waals surface area (Å²) in [5.74, 6) is -1.07. The van der Waals surface area contributed by atoms with Crippen molar-refractivity contribution in [2.75, 3.05) is 6.54 Å². The molecule has 0 aliphatic heterocycles. The Hall–Kier alpha value is -3.00. The van der Waals surface area contributed by atoms with Gasteiger partial charge in [-0.05, 0) is 23.8 Å². The van der Waals surface area contributed by atoms with Gasteiger partial charge in [0.15, 0.2) is 5.69 Å². The molecular weight excluding hydrogens is 400 g/mol. The van der Waals surface area contributed by atoms with Crippen LogP contribution < -0.4 is 5.32 Å². The number of carbonyl (C=O) groups excluding carboxylic acids is 2. The van der Waals surface area contributed by atoms with Crippen LogP contribution in [0.15, 0.2) is 63.2 Å². The number of amides is 2. The average Bonchev–Trinajstić information content (AvgIpc) is 2.93. The molecule has 132 valence electrons. The Balaban J connectivity index is 1.60. The summed E-state index contributed by atoms with van der Waals surface area (Å²) in [6.45, 7) is -0.262. The number of benzene rings is 2. The van der Waals surface area contributed by atoms with Gasteiger partial charge in [-0.2, -0.15) is 0 Å². The number of hydrogen-bond acceptors (Lipinski definition) is 4.